The van der Waals surface area contributed by atoms with Gasteiger partial charge in [-0.15, -0.1) is 0 Å². The number of hydrogen-bond donors (Lipinski definition) is 0. The predicted molar refractivity (Wildman–Crippen MR) is 56.8 cm³/mol. The zero-order valence-corrected chi connectivity index (χ0v) is 9.55. The van der Waals surface area contributed by atoms with Crippen LogP contribution in [0.5, 0.6) is 0 Å². The maximum absolute atomic E-state index is 4.86. The Morgan fingerprint density at radius 1 is 1.45 bits per heavy atom. The fourth-order valence-corrected chi connectivity index (χ4v) is 0.475. The third-order valence-electron chi connectivity index (χ3n) is 1.47. The molecule has 0 amide bonds. The summed E-state index contributed by atoms with van der Waals surface area (Å²) in [5.41, 5.74) is 1.26. The van der Waals surface area contributed by atoms with Gasteiger partial charge in [-0.3, -0.25) is 0 Å². The highest BCUT2D eigenvalue weighted by Gasteiger charge is 1.94. The molecule has 0 aliphatic carbocycles. The lowest BCUT2D eigenvalue weighted by Gasteiger charge is -2.01. The molecular formula is C8H14INO. The van der Waals surface area contributed by atoms with Crippen LogP contribution in [-0.2, 0) is 3.07 Å². The molecule has 3 heteroatoms. The predicted octanol–water partition coefficient (Wildman–Crippen LogP) is 3.33. The summed E-state index contributed by atoms with van der Waals surface area (Å²) in [7, 11) is 0. The van der Waals surface area contributed by atoms with Crippen LogP contribution in [0.1, 0.15) is 27.7 Å². The van der Waals surface area contributed by atoms with Crippen LogP contribution in [0.15, 0.2) is 16.8 Å². The van der Waals surface area contributed by atoms with Gasteiger partial charge in [-0.2, -0.15) is 0 Å². The summed E-state index contributed by atoms with van der Waals surface area (Å²) in [6.45, 7) is 8.17. The van der Waals surface area contributed by atoms with Crippen molar-refractivity contribution in [2.75, 3.05) is 0 Å². The summed E-state index contributed by atoms with van der Waals surface area (Å²) in [6.07, 6.45) is 1.85. The molecule has 0 heterocycles. The molecule has 0 saturated heterocycles. The fraction of sp³-hybridized carbons (Fsp3) is 0.625. The molecule has 64 valence electrons. The van der Waals surface area contributed by atoms with E-state index in [0.29, 0.717) is 11.8 Å². The Kier molecular flexibility index (Phi) is 5.54. The topological polar surface area (TPSA) is 21.6 Å². The number of aliphatic imine (C=N–C) groups is 1. The van der Waals surface area contributed by atoms with Crippen LogP contribution in [0.4, 0.5) is 0 Å². The average Bonchev–Trinajstić information content (AvgIpc) is 1.99. The lowest BCUT2D eigenvalue weighted by atomic mass is 10.1. The zero-order chi connectivity index (χ0) is 8.85. The lowest BCUT2D eigenvalue weighted by molar-refractivity contribution is 0.710. The van der Waals surface area contributed by atoms with Gasteiger partial charge in [0.05, 0.1) is 0 Å². The molecule has 0 aromatic rings. The van der Waals surface area contributed by atoms with Gasteiger partial charge in [-0.1, -0.05) is 19.4 Å². The molecule has 0 aromatic heterocycles. The first-order valence-electron chi connectivity index (χ1n) is 3.57. The van der Waals surface area contributed by atoms with Crippen molar-refractivity contribution in [1.82, 2.24) is 0 Å². The number of nitrogens with zero attached hydrogens (tertiary/aromatic N) is 1. The summed E-state index contributed by atoms with van der Waals surface area (Å²) in [5, 5.41) is 0. The maximum atomic E-state index is 4.86. The molecule has 0 N–H and O–H groups in total. The van der Waals surface area contributed by atoms with E-state index in [1.165, 1.54) is 5.57 Å². The molecule has 0 saturated carbocycles. The molecule has 0 atom stereocenters. The Hall–Kier alpha value is -0.0600. The normalized spacial score (nSPS) is 14.0. The van der Waals surface area contributed by atoms with Crippen LogP contribution in [-0.4, -0.2) is 5.90 Å². The highest BCUT2D eigenvalue weighted by molar-refractivity contribution is 14.1. The summed E-state index contributed by atoms with van der Waals surface area (Å²) in [4.78, 5) is 4.09. The molecule has 0 aromatic carbocycles. The molecule has 0 fully saturated rings. The Bertz CT molecular complexity index is 173. The van der Waals surface area contributed by atoms with Crippen molar-refractivity contribution in [1.29, 1.82) is 0 Å². The number of hydrogen-bond acceptors (Lipinski definition) is 2. The summed E-state index contributed by atoms with van der Waals surface area (Å²) in [5.74, 6) is 1.24. The highest BCUT2D eigenvalue weighted by atomic mass is 127. The van der Waals surface area contributed by atoms with Crippen molar-refractivity contribution in [3.05, 3.63) is 11.8 Å². The summed E-state index contributed by atoms with van der Waals surface area (Å²) >= 11 is 1.82. The molecule has 0 aliphatic heterocycles. The molecule has 0 unspecified atom stereocenters. The van der Waals surface area contributed by atoms with Gasteiger partial charge < -0.3 is 3.07 Å². The Morgan fingerprint density at radius 2 is 2.00 bits per heavy atom. The molecule has 0 rings (SSSR count). The molecule has 0 spiro atoms. The van der Waals surface area contributed by atoms with E-state index in [0.717, 1.165) is 0 Å². The fourth-order valence-electron chi connectivity index (χ4n) is 0.362. The number of rotatable bonds is 2. The Labute approximate surface area is 82.4 Å². The molecule has 0 bridgehead atoms. The second-order valence-electron chi connectivity index (χ2n) is 2.75. The highest BCUT2D eigenvalue weighted by Crippen LogP contribution is 2.07. The third-order valence-corrected chi connectivity index (χ3v) is 2.11. The quantitative estimate of drug-likeness (QED) is 0.427. The number of allylic oxidation sites excluding steroid dienone is 1. The standard InChI is InChI=1S/C8H14INO/c1-6(2)7(3)5-10-8(4)11-9/h5-6H,1-4H3/b7-5+,10-8?. The van der Waals surface area contributed by atoms with Crippen LogP contribution in [0, 0.1) is 5.92 Å². The van der Waals surface area contributed by atoms with E-state index in [4.69, 9.17) is 3.07 Å². The van der Waals surface area contributed by atoms with Gasteiger partial charge >= 0.3 is 0 Å². The first-order chi connectivity index (χ1) is 5.07. The lowest BCUT2D eigenvalue weighted by Crippen LogP contribution is -1.90. The van der Waals surface area contributed by atoms with E-state index in [1.54, 1.807) is 0 Å². The minimum absolute atomic E-state index is 0.556. The summed E-state index contributed by atoms with van der Waals surface area (Å²) in [6, 6.07) is 0. The van der Waals surface area contributed by atoms with Gasteiger partial charge in [-0.25, -0.2) is 4.99 Å². The monoisotopic (exact) mass is 267 g/mol. The van der Waals surface area contributed by atoms with Crippen molar-refractivity contribution >= 4 is 28.9 Å². The van der Waals surface area contributed by atoms with E-state index in [2.05, 4.69) is 25.8 Å². The van der Waals surface area contributed by atoms with E-state index < -0.39 is 0 Å². The minimum Gasteiger partial charge on any atom is -0.413 e. The largest absolute Gasteiger partial charge is 0.413 e. The summed E-state index contributed by atoms with van der Waals surface area (Å²) < 4.78 is 4.86. The minimum atomic E-state index is 0.556. The molecular weight excluding hydrogens is 253 g/mol. The van der Waals surface area contributed by atoms with Crippen molar-refractivity contribution in [3.63, 3.8) is 0 Å². The van der Waals surface area contributed by atoms with Crippen LogP contribution in [0.25, 0.3) is 0 Å². The maximum Gasteiger partial charge on any atom is 0.196 e. The van der Waals surface area contributed by atoms with Crippen molar-refractivity contribution in [3.8, 4) is 0 Å². The van der Waals surface area contributed by atoms with Gasteiger partial charge in [0, 0.05) is 13.1 Å². The molecule has 11 heavy (non-hydrogen) atoms. The zero-order valence-electron chi connectivity index (χ0n) is 7.39. The molecule has 2 nitrogen and oxygen atoms in total. The van der Waals surface area contributed by atoms with Crippen LogP contribution in [0.2, 0.25) is 0 Å². The Balaban J connectivity index is 4.11. The van der Waals surface area contributed by atoms with Gasteiger partial charge in [-0.05, 0) is 12.8 Å². The molecule has 0 aliphatic rings. The van der Waals surface area contributed by atoms with Gasteiger partial charge in [0.15, 0.2) is 28.9 Å². The third kappa shape index (κ3) is 5.24. The van der Waals surface area contributed by atoms with E-state index in [-0.39, 0.29) is 0 Å². The number of halogens is 1. The first kappa shape index (κ1) is 10.9. The second-order valence-corrected chi connectivity index (χ2v) is 3.19. The van der Waals surface area contributed by atoms with Crippen LogP contribution < -0.4 is 0 Å². The van der Waals surface area contributed by atoms with Gasteiger partial charge in [0.1, 0.15) is 0 Å². The van der Waals surface area contributed by atoms with Crippen molar-refractivity contribution in [2.24, 2.45) is 10.9 Å². The second kappa shape index (κ2) is 5.57. The Morgan fingerprint density at radius 3 is 2.36 bits per heavy atom. The van der Waals surface area contributed by atoms with Gasteiger partial charge in [0.25, 0.3) is 0 Å². The first-order valence-corrected chi connectivity index (χ1v) is 4.45. The van der Waals surface area contributed by atoms with Crippen LogP contribution in [0.3, 0.4) is 0 Å². The SMILES string of the molecule is CC(=N/C=C(\C)C(C)C)OI. The molecule has 0 radical (unpaired) electrons. The van der Waals surface area contributed by atoms with Gasteiger partial charge in [0.2, 0.25) is 0 Å². The average molecular weight is 267 g/mol. The van der Waals surface area contributed by atoms with E-state index >= 15 is 0 Å². The van der Waals surface area contributed by atoms with Crippen molar-refractivity contribution in [2.45, 2.75) is 27.7 Å². The van der Waals surface area contributed by atoms with E-state index in [1.807, 2.05) is 36.1 Å². The smallest absolute Gasteiger partial charge is 0.196 e. The van der Waals surface area contributed by atoms with Crippen molar-refractivity contribution < 1.29 is 3.07 Å². The van der Waals surface area contributed by atoms with Crippen LogP contribution >= 0.6 is 23.0 Å². The van der Waals surface area contributed by atoms with E-state index in [9.17, 15) is 0 Å².